The molecule has 1 amide bonds. The van der Waals surface area contributed by atoms with E-state index in [2.05, 4.69) is 20.8 Å². The topological polar surface area (TPSA) is 36.7 Å². The summed E-state index contributed by atoms with van der Waals surface area (Å²) in [5.74, 6) is 0.406. The lowest BCUT2D eigenvalue weighted by atomic mass is 10.1. The number of fused-ring (bicyclic) bond motifs is 1. The van der Waals surface area contributed by atoms with Crippen molar-refractivity contribution in [1.82, 2.24) is 4.90 Å². The van der Waals surface area contributed by atoms with Crippen molar-refractivity contribution in [2.75, 3.05) is 31.1 Å². The summed E-state index contributed by atoms with van der Waals surface area (Å²) in [4.78, 5) is 17.1. The Morgan fingerprint density at radius 2 is 1.77 bits per heavy atom. The standard InChI is InChI=1S/C20H18BrClN2O2/c1-13-17-7-2-14(21)12-18(17)26-19(13)20(25)24-10-8-23(9-11-24)16-5-3-15(22)4-6-16/h2-7,12H,8-11H2,1H3. The third kappa shape index (κ3) is 3.21. The molecule has 0 radical (unpaired) electrons. The SMILES string of the molecule is Cc1c(C(=O)N2CCN(c3ccc(Cl)cc3)CC2)oc2cc(Br)ccc12. The summed E-state index contributed by atoms with van der Waals surface area (Å²) in [6.07, 6.45) is 0. The van der Waals surface area contributed by atoms with Crippen LogP contribution in [0.2, 0.25) is 5.02 Å². The minimum atomic E-state index is -0.0365. The summed E-state index contributed by atoms with van der Waals surface area (Å²) < 4.78 is 6.81. The fourth-order valence-corrected chi connectivity index (χ4v) is 3.83. The van der Waals surface area contributed by atoms with E-state index >= 15 is 0 Å². The van der Waals surface area contributed by atoms with Crippen molar-refractivity contribution in [1.29, 1.82) is 0 Å². The summed E-state index contributed by atoms with van der Waals surface area (Å²) >= 11 is 9.40. The third-order valence-corrected chi connectivity index (χ3v) is 5.60. The van der Waals surface area contributed by atoms with Crippen molar-refractivity contribution in [3.63, 3.8) is 0 Å². The van der Waals surface area contributed by atoms with E-state index in [1.165, 1.54) is 0 Å². The highest BCUT2D eigenvalue weighted by Gasteiger charge is 2.26. The number of nitrogens with zero attached hydrogens (tertiary/aromatic N) is 2. The van der Waals surface area contributed by atoms with Crippen molar-refractivity contribution >= 4 is 50.1 Å². The maximum Gasteiger partial charge on any atom is 0.290 e. The average Bonchev–Trinajstić information content (AvgIpc) is 2.98. The van der Waals surface area contributed by atoms with Crippen LogP contribution in [0.1, 0.15) is 16.1 Å². The maximum absolute atomic E-state index is 12.9. The van der Waals surface area contributed by atoms with Gasteiger partial charge >= 0.3 is 0 Å². The number of benzene rings is 2. The van der Waals surface area contributed by atoms with E-state index in [9.17, 15) is 4.79 Å². The van der Waals surface area contributed by atoms with Crippen molar-refractivity contribution in [2.45, 2.75) is 6.92 Å². The van der Waals surface area contributed by atoms with E-state index < -0.39 is 0 Å². The van der Waals surface area contributed by atoms with Crippen molar-refractivity contribution in [3.8, 4) is 0 Å². The van der Waals surface area contributed by atoms with E-state index in [-0.39, 0.29) is 5.91 Å². The second-order valence-electron chi connectivity index (χ2n) is 6.45. The van der Waals surface area contributed by atoms with Crippen LogP contribution in [0.25, 0.3) is 11.0 Å². The number of hydrogen-bond donors (Lipinski definition) is 0. The van der Waals surface area contributed by atoms with E-state index in [1.54, 1.807) is 0 Å². The van der Waals surface area contributed by atoms with Gasteiger partial charge in [-0.1, -0.05) is 27.5 Å². The Bertz CT molecular complexity index is 960. The molecule has 26 heavy (non-hydrogen) atoms. The number of carbonyl (C=O) groups is 1. The minimum absolute atomic E-state index is 0.0365. The van der Waals surface area contributed by atoms with Gasteiger partial charge in [0.15, 0.2) is 5.76 Å². The molecule has 2 heterocycles. The van der Waals surface area contributed by atoms with Gasteiger partial charge in [-0.3, -0.25) is 4.79 Å². The lowest BCUT2D eigenvalue weighted by Gasteiger charge is -2.35. The summed E-state index contributed by atoms with van der Waals surface area (Å²) in [7, 11) is 0. The summed E-state index contributed by atoms with van der Waals surface area (Å²) in [5.41, 5.74) is 2.77. The second-order valence-corrected chi connectivity index (χ2v) is 7.80. The first-order chi connectivity index (χ1) is 12.5. The Labute approximate surface area is 165 Å². The summed E-state index contributed by atoms with van der Waals surface area (Å²) in [5, 5.41) is 1.71. The van der Waals surface area contributed by atoms with Crippen LogP contribution in [0.4, 0.5) is 5.69 Å². The van der Waals surface area contributed by atoms with Crippen molar-refractivity contribution in [2.24, 2.45) is 0 Å². The molecule has 0 unspecified atom stereocenters. The number of halogens is 2. The molecule has 2 aromatic carbocycles. The van der Waals surface area contributed by atoms with E-state index in [0.717, 1.165) is 44.8 Å². The van der Waals surface area contributed by atoms with Crippen LogP contribution < -0.4 is 4.90 Å². The Kier molecular flexibility index (Phi) is 4.67. The Hall–Kier alpha value is -1.98. The molecule has 0 saturated carbocycles. The van der Waals surface area contributed by atoms with E-state index in [0.29, 0.717) is 18.8 Å². The molecule has 4 rings (SSSR count). The second kappa shape index (κ2) is 6.97. The molecule has 0 spiro atoms. The van der Waals surface area contributed by atoms with E-state index in [4.69, 9.17) is 16.0 Å². The molecule has 1 fully saturated rings. The number of furan rings is 1. The molecular formula is C20H18BrClN2O2. The zero-order valence-corrected chi connectivity index (χ0v) is 16.7. The predicted molar refractivity (Wildman–Crippen MR) is 108 cm³/mol. The van der Waals surface area contributed by atoms with Gasteiger partial charge in [-0.05, 0) is 49.4 Å². The van der Waals surface area contributed by atoms with Crippen LogP contribution >= 0.6 is 27.5 Å². The maximum atomic E-state index is 12.9. The quantitative estimate of drug-likeness (QED) is 0.563. The molecular weight excluding hydrogens is 416 g/mol. The first-order valence-electron chi connectivity index (χ1n) is 8.51. The highest BCUT2D eigenvalue weighted by Crippen LogP contribution is 2.29. The van der Waals surface area contributed by atoms with Gasteiger partial charge in [-0.25, -0.2) is 0 Å². The molecule has 1 aliphatic rings. The molecule has 0 N–H and O–H groups in total. The van der Waals surface area contributed by atoms with Gasteiger partial charge in [0.2, 0.25) is 0 Å². The number of aryl methyl sites for hydroxylation is 1. The highest BCUT2D eigenvalue weighted by atomic mass is 79.9. The lowest BCUT2D eigenvalue weighted by molar-refractivity contribution is 0.0716. The van der Waals surface area contributed by atoms with Gasteiger partial charge in [-0.15, -0.1) is 0 Å². The largest absolute Gasteiger partial charge is 0.451 e. The number of anilines is 1. The normalized spacial score (nSPS) is 14.9. The van der Waals surface area contributed by atoms with Gasteiger partial charge in [0.05, 0.1) is 0 Å². The fraction of sp³-hybridized carbons (Fsp3) is 0.250. The summed E-state index contributed by atoms with van der Waals surface area (Å²) in [6.45, 7) is 4.86. The van der Waals surface area contributed by atoms with Gasteiger partial charge in [0, 0.05) is 52.3 Å². The molecule has 0 bridgehead atoms. The number of piperazine rings is 1. The molecule has 3 aromatic rings. The molecule has 1 aromatic heterocycles. The third-order valence-electron chi connectivity index (χ3n) is 4.85. The zero-order valence-electron chi connectivity index (χ0n) is 14.3. The molecule has 4 nitrogen and oxygen atoms in total. The number of carbonyl (C=O) groups excluding carboxylic acids is 1. The molecule has 0 aliphatic carbocycles. The molecule has 134 valence electrons. The highest BCUT2D eigenvalue weighted by molar-refractivity contribution is 9.10. The Morgan fingerprint density at radius 3 is 2.46 bits per heavy atom. The lowest BCUT2D eigenvalue weighted by Crippen LogP contribution is -2.48. The monoisotopic (exact) mass is 432 g/mol. The van der Waals surface area contributed by atoms with Gasteiger partial charge in [0.25, 0.3) is 5.91 Å². The van der Waals surface area contributed by atoms with E-state index in [1.807, 2.05) is 54.3 Å². The average molecular weight is 434 g/mol. The van der Waals surface area contributed by atoms with Crippen LogP contribution in [-0.2, 0) is 0 Å². The fourth-order valence-electron chi connectivity index (χ4n) is 3.37. The van der Waals surface area contributed by atoms with Crippen molar-refractivity contribution in [3.05, 3.63) is 63.3 Å². The minimum Gasteiger partial charge on any atom is -0.451 e. The summed E-state index contributed by atoms with van der Waals surface area (Å²) in [6, 6.07) is 13.7. The number of amides is 1. The zero-order chi connectivity index (χ0) is 18.3. The predicted octanol–water partition coefficient (Wildman–Crippen LogP) is 5.12. The number of hydrogen-bond acceptors (Lipinski definition) is 3. The van der Waals surface area contributed by atoms with Crippen LogP contribution in [-0.4, -0.2) is 37.0 Å². The Morgan fingerprint density at radius 1 is 1.08 bits per heavy atom. The van der Waals surface area contributed by atoms with Crippen LogP contribution in [0.5, 0.6) is 0 Å². The van der Waals surface area contributed by atoms with Crippen LogP contribution in [0.15, 0.2) is 51.4 Å². The molecule has 1 saturated heterocycles. The Balaban J connectivity index is 1.50. The van der Waals surface area contributed by atoms with Crippen LogP contribution in [0, 0.1) is 6.92 Å². The smallest absolute Gasteiger partial charge is 0.290 e. The molecule has 0 atom stereocenters. The van der Waals surface area contributed by atoms with Gasteiger partial charge in [-0.2, -0.15) is 0 Å². The molecule has 1 aliphatic heterocycles. The van der Waals surface area contributed by atoms with Crippen molar-refractivity contribution < 1.29 is 9.21 Å². The van der Waals surface area contributed by atoms with Gasteiger partial charge in [0.1, 0.15) is 5.58 Å². The first kappa shape index (κ1) is 17.4. The first-order valence-corrected chi connectivity index (χ1v) is 9.68. The number of rotatable bonds is 2. The van der Waals surface area contributed by atoms with Crippen LogP contribution in [0.3, 0.4) is 0 Å². The van der Waals surface area contributed by atoms with Gasteiger partial charge < -0.3 is 14.2 Å². The molecule has 6 heteroatoms.